The highest BCUT2D eigenvalue weighted by Gasteiger charge is 2.38. The van der Waals surface area contributed by atoms with E-state index in [1.54, 1.807) is 7.11 Å². The van der Waals surface area contributed by atoms with E-state index in [0.717, 1.165) is 29.3 Å². The van der Waals surface area contributed by atoms with Gasteiger partial charge in [0.15, 0.2) is 0 Å². The summed E-state index contributed by atoms with van der Waals surface area (Å²) in [5, 5.41) is 10.2. The minimum Gasteiger partial charge on any atom is -0.393 e. The molecule has 0 aromatic heterocycles. The van der Waals surface area contributed by atoms with Crippen LogP contribution in [0.4, 0.5) is 0 Å². The van der Waals surface area contributed by atoms with Crippen molar-refractivity contribution >= 4 is 15.9 Å². The molecule has 0 aliphatic heterocycles. The number of methoxy groups -OCH3 is 1. The number of benzene rings is 1. The van der Waals surface area contributed by atoms with Gasteiger partial charge in [0.05, 0.1) is 11.7 Å². The molecule has 1 aromatic rings. The molecule has 0 spiro atoms. The van der Waals surface area contributed by atoms with Gasteiger partial charge < -0.3 is 9.84 Å². The zero-order valence-electron chi connectivity index (χ0n) is 10.2. The normalized spacial score (nSPS) is 19.7. The Morgan fingerprint density at radius 2 is 2.12 bits per heavy atom. The van der Waals surface area contributed by atoms with Gasteiger partial charge in [0, 0.05) is 18.0 Å². The monoisotopic (exact) mass is 298 g/mol. The van der Waals surface area contributed by atoms with E-state index in [1.807, 2.05) is 24.3 Å². The largest absolute Gasteiger partial charge is 0.393 e. The predicted molar refractivity (Wildman–Crippen MR) is 72.1 cm³/mol. The van der Waals surface area contributed by atoms with Gasteiger partial charge in [0.1, 0.15) is 0 Å². The van der Waals surface area contributed by atoms with E-state index in [2.05, 4.69) is 15.9 Å². The fourth-order valence-electron chi connectivity index (χ4n) is 2.48. The summed E-state index contributed by atoms with van der Waals surface area (Å²) in [6.45, 7) is 0. The molecule has 1 N–H and O–H groups in total. The van der Waals surface area contributed by atoms with Crippen LogP contribution in [0.5, 0.6) is 0 Å². The molecule has 3 heteroatoms. The summed E-state index contributed by atoms with van der Waals surface area (Å²) in [6, 6.07) is 8.05. The molecule has 0 bridgehead atoms. The number of hydrogen-bond donors (Lipinski definition) is 1. The molecule has 17 heavy (non-hydrogen) atoms. The van der Waals surface area contributed by atoms with Gasteiger partial charge in [-0.15, -0.1) is 0 Å². The van der Waals surface area contributed by atoms with Crippen LogP contribution in [0.3, 0.4) is 0 Å². The second-order valence-corrected chi connectivity index (χ2v) is 5.75. The predicted octanol–water partition coefficient (Wildman–Crippen LogP) is 3.31. The highest BCUT2D eigenvalue weighted by molar-refractivity contribution is 9.10. The molecule has 1 unspecified atom stereocenters. The average molecular weight is 299 g/mol. The second kappa shape index (κ2) is 5.51. The zero-order chi connectivity index (χ0) is 12.3. The second-order valence-electron chi connectivity index (χ2n) is 4.89. The van der Waals surface area contributed by atoms with Crippen LogP contribution >= 0.6 is 15.9 Å². The standard InChI is InChI=1S/C14H19BrO2/c1-17-14(7-4-8-14)10-12(16)9-11-5-2-3-6-13(11)15/h2-3,5-6,12,16H,4,7-10H2,1H3. The lowest BCUT2D eigenvalue weighted by Crippen LogP contribution is -2.42. The third-order valence-electron chi connectivity index (χ3n) is 3.72. The van der Waals surface area contributed by atoms with Crippen molar-refractivity contribution in [3.63, 3.8) is 0 Å². The Kier molecular flexibility index (Phi) is 4.23. The first-order valence-electron chi connectivity index (χ1n) is 6.12. The highest BCUT2D eigenvalue weighted by atomic mass is 79.9. The van der Waals surface area contributed by atoms with Crippen LogP contribution in [0.15, 0.2) is 28.7 Å². The Morgan fingerprint density at radius 1 is 1.41 bits per heavy atom. The van der Waals surface area contributed by atoms with Crippen LogP contribution in [0.25, 0.3) is 0 Å². The molecule has 1 saturated carbocycles. The van der Waals surface area contributed by atoms with Crippen molar-refractivity contribution in [3.8, 4) is 0 Å². The van der Waals surface area contributed by atoms with Gasteiger partial charge in [-0.05, 0) is 37.3 Å². The van der Waals surface area contributed by atoms with Crippen LogP contribution in [0, 0.1) is 0 Å². The van der Waals surface area contributed by atoms with Crippen molar-refractivity contribution < 1.29 is 9.84 Å². The van der Waals surface area contributed by atoms with Crippen LogP contribution in [-0.2, 0) is 11.2 Å². The van der Waals surface area contributed by atoms with E-state index in [1.165, 1.54) is 6.42 Å². The summed E-state index contributed by atoms with van der Waals surface area (Å²) in [4.78, 5) is 0. The Bertz CT molecular complexity index is 369. The lowest BCUT2D eigenvalue weighted by molar-refractivity contribution is -0.0989. The number of aliphatic hydroxyl groups excluding tert-OH is 1. The van der Waals surface area contributed by atoms with Crippen molar-refractivity contribution in [2.24, 2.45) is 0 Å². The van der Waals surface area contributed by atoms with Crippen molar-refractivity contribution in [2.75, 3.05) is 7.11 Å². The van der Waals surface area contributed by atoms with Crippen LogP contribution in [0.2, 0.25) is 0 Å². The quantitative estimate of drug-likeness (QED) is 0.904. The van der Waals surface area contributed by atoms with Crippen LogP contribution < -0.4 is 0 Å². The lowest BCUT2D eigenvalue weighted by atomic mass is 9.75. The molecule has 1 aromatic carbocycles. The van der Waals surface area contributed by atoms with Crippen molar-refractivity contribution in [2.45, 2.75) is 43.8 Å². The molecular formula is C14H19BrO2. The Hall–Kier alpha value is -0.380. The first-order valence-corrected chi connectivity index (χ1v) is 6.91. The van der Waals surface area contributed by atoms with Crippen LogP contribution in [0.1, 0.15) is 31.2 Å². The van der Waals surface area contributed by atoms with Crippen molar-refractivity contribution in [3.05, 3.63) is 34.3 Å². The van der Waals surface area contributed by atoms with E-state index in [0.29, 0.717) is 6.42 Å². The highest BCUT2D eigenvalue weighted by Crippen LogP contribution is 2.39. The molecule has 0 saturated heterocycles. The summed E-state index contributed by atoms with van der Waals surface area (Å²) in [5.74, 6) is 0. The maximum atomic E-state index is 10.2. The van der Waals surface area contributed by atoms with Gasteiger partial charge in [0.25, 0.3) is 0 Å². The first kappa shape index (κ1) is 13.1. The number of halogens is 1. The fourth-order valence-corrected chi connectivity index (χ4v) is 2.93. The van der Waals surface area contributed by atoms with E-state index < -0.39 is 0 Å². The van der Waals surface area contributed by atoms with Gasteiger partial charge in [0.2, 0.25) is 0 Å². The van der Waals surface area contributed by atoms with Crippen molar-refractivity contribution in [1.29, 1.82) is 0 Å². The van der Waals surface area contributed by atoms with Crippen LogP contribution in [-0.4, -0.2) is 23.9 Å². The Balaban J connectivity index is 1.93. The summed E-state index contributed by atoms with van der Waals surface area (Å²) >= 11 is 3.51. The SMILES string of the molecule is COC1(CC(O)Cc2ccccc2Br)CCC1. The van der Waals surface area contributed by atoms with Gasteiger partial charge in [-0.2, -0.15) is 0 Å². The van der Waals surface area contributed by atoms with E-state index in [4.69, 9.17) is 4.74 Å². The molecule has 0 radical (unpaired) electrons. The summed E-state index contributed by atoms with van der Waals surface area (Å²) in [7, 11) is 1.75. The molecule has 1 atom stereocenters. The minimum atomic E-state index is -0.325. The molecular weight excluding hydrogens is 280 g/mol. The molecule has 1 fully saturated rings. The maximum Gasteiger partial charge on any atom is 0.0703 e. The van der Waals surface area contributed by atoms with E-state index in [9.17, 15) is 5.11 Å². The summed E-state index contributed by atoms with van der Waals surface area (Å²) < 4.78 is 6.61. The molecule has 2 rings (SSSR count). The molecule has 0 amide bonds. The smallest absolute Gasteiger partial charge is 0.0703 e. The molecule has 94 valence electrons. The lowest BCUT2D eigenvalue weighted by Gasteiger charge is -2.41. The molecule has 1 aliphatic carbocycles. The fraction of sp³-hybridized carbons (Fsp3) is 0.571. The Labute approximate surface area is 111 Å². The maximum absolute atomic E-state index is 10.2. The van der Waals surface area contributed by atoms with Gasteiger partial charge in [-0.25, -0.2) is 0 Å². The third kappa shape index (κ3) is 3.09. The summed E-state index contributed by atoms with van der Waals surface area (Å²) in [5.41, 5.74) is 1.10. The van der Waals surface area contributed by atoms with Crippen molar-refractivity contribution in [1.82, 2.24) is 0 Å². The average Bonchev–Trinajstić information content (AvgIpc) is 2.27. The number of rotatable bonds is 5. The number of hydrogen-bond acceptors (Lipinski definition) is 2. The van der Waals surface area contributed by atoms with E-state index >= 15 is 0 Å². The minimum absolute atomic E-state index is 0.0549. The molecule has 0 heterocycles. The first-order chi connectivity index (χ1) is 8.15. The number of ether oxygens (including phenoxy) is 1. The van der Waals surface area contributed by atoms with Gasteiger partial charge in [-0.3, -0.25) is 0 Å². The summed E-state index contributed by atoms with van der Waals surface area (Å²) in [6.07, 6.45) is 4.48. The Morgan fingerprint density at radius 3 is 2.65 bits per heavy atom. The van der Waals surface area contributed by atoms with E-state index in [-0.39, 0.29) is 11.7 Å². The molecule has 1 aliphatic rings. The topological polar surface area (TPSA) is 29.5 Å². The van der Waals surface area contributed by atoms with Gasteiger partial charge >= 0.3 is 0 Å². The number of aliphatic hydroxyl groups is 1. The van der Waals surface area contributed by atoms with Gasteiger partial charge in [-0.1, -0.05) is 34.1 Å². The molecule has 2 nitrogen and oxygen atoms in total. The zero-order valence-corrected chi connectivity index (χ0v) is 11.7. The third-order valence-corrected chi connectivity index (χ3v) is 4.49.